The van der Waals surface area contributed by atoms with Crippen LogP contribution in [0.5, 0.6) is 5.75 Å². The number of nitrogens with one attached hydrogen (secondary N) is 2. The van der Waals surface area contributed by atoms with E-state index >= 15 is 0 Å². The quantitative estimate of drug-likeness (QED) is 0.353. The average Bonchev–Trinajstić information content (AvgIpc) is 3.47. The maximum atomic E-state index is 14.2. The third kappa shape index (κ3) is 7.76. The predicted octanol–water partition coefficient (Wildman–Crippen LogP) is 2.47. The molecule has 1 aliphatic heterocycles. The van der Waals surface area contributed by atoms with Crippen molar-refractivity contribution in [2.75, 3.05) is 26.2 Å². The summed E-state index contributed by atoms with van der Waals surface area (Å²) < 4.78 is 23.4. The second-order valence-corrected chi connectivity index (χ2v) is 11.8. The maximum Gasteiger partial charge on any atom is 0.255 e. The van der Waals surface area contributed by atoms with E-state index in [1.165, 1.54) is 18.2 Å². The summed E-state index contributed by atoms with van der Waals surface area (Å²) in [5, 5.41) is 14.5. The van der Waals surface area contributed by atoms with Gasteiger partial charge >= 0.3 is 0 Å². The van der Waals surface area contributed by atoms with E-state index in [0.717, 1.165) is 6.07 Å². The van der Waals surface area contributed by atoms with Crippen LogP contribution in [0.25, 0.3) is 10.9 Å². The fourth-order valence-electron chi connectivity index (χ4n) is 5.50. The molecule has 12 nitrogen and oxygen atoms in total. The number of benzene rings is 2. The molecule has 0 saturated carbocycles. The van der Waals surface area contributed by atoms with Crippen molar-refractivity contribution in [3.05, 3.63) is 87.7 Å². The highest BCUT2D eigenvalue weighted by atomic mass is 19.1. The van der Waals surface area contributed by atoms with E-state index in [2.05, 4.69) is 20.9 Å². The summed E-state index contributed by atoms with van der Waals surface area (Å²) in [7, 11) is 0. The van der Waals surface area contributed by atoms with Gasteiger partial charge in [0.2, 0.25) is 11.8 Å². The number of amides is 3. The molecule has 5 rings (SSSR count). The van der Waals surface area contributed by atoms with Crippen molar-refractivity contribution in [2.24, 2.45) is 5.92 Å². The molecule has 2 aromatic carbocycles. The molecule has 0 fully saturated rings. The van der Waals surface area contributed by atoms with Crippen LogP contribution < -0.4 is 20.8 Å². The van der Waals surface area contributed by atoms with E-state index in [4.69, 9.17) is 4.74 Å². The van der Waals surface area contributed by atoms with Crippen molar-refractivity contribution in [3.63, 3.8) is 0 Å². The van der Waals surface area contributed by atoms with Crippen molar-refractivity contribution in [1.82, 2.24) is 35.1 Å². The van der Waals surface area contributed by atoms with Crippen molar-refractivity contribution < 1.29 is 23.5 Å². The molecule has 3 heterocycles. The fourth-order valence-corrected chi connectivity index (χ4v) is 5.50. The number of para-hydroxylation sites is 1. The molecule has 1 atom stereocenters. The first-order valence-corrected chi connectivity index (χ1v) is 15.4. The lowest BCUT2D eigenvalue weighted by Crippen LogP contribution is -2.49. The molecule has 3 amide bonds. The van der Waals surface area contributed by atoms with E-state index in [1.54, 1.807) is 34.8 Å². The highest BCUT2D eigenvalue weighted by Gasteiger charge is 2.25. The summed E-state index contributed by atoms with van der Waals surface area (Å²) in [6.45, 7) is 6.71. The van der Waals surface area contributed by atoms with Crippen LogP contribution in [0.4, 0.5) is 4.39 Å². The van der Waals surface area contributed by atoms with Crippen molar-refractivity contribution in [2.45, 2.75) is 52.7 Å². The Morgan fingerprint density at radius 2 is 1.89 bits per heavy atom. The zero-order valence-electron chi connectivity index (χ0n) is 26.2. The number of carbonyl (C=O) groups excluding carboxylic acids is 3. The van der Waals surface area contributed by atoms with Gasteiger partial charge in [-0.15, -0.1) is 5.10 Å². The van der Waals surface area contributed by atoms with Crippen LogP contribution in [0.2, 0.25) is 0 Å². The second-order valence-electron chi connectivity index (χ2n) is 11.8. The van der Waals surface area contributed by atoms with Gasteiger partial charge in [-0.05, 0) is 49.6 Å². The van der Waals surface area contributed by atoms with E-state index in [0.29, 0.717) is 48.2 Å². The summed E-state index contributed by atoms with van der Waals surface area (Å²) in [6.07, 6.45) is 2.51. The lowest BCUT2D eigenvalue weighted by atomic mass is 10.0. The first-order chi connectivity index (χ1) is 22.1. The number of hydrogen-bond acceptors (Lipinski definition) is 7. The lowest BCUT2D eigenvalue weighted by Gasteiger charge is -2.26. The normalized spacial score (nSPS) is 16.6. The Kier molecular flexibility index (Phi) is 10.1. The Balaban J connectivity index is 1.40. The maximum absolute atomic E-state index is 14.2. The Morgan fingerprint density at radius 1 is 1.09 bits per heavy atom. The SMILES string of the molecule is Cc1cc(=O)c2ccccc2n1CC(=O)N1CCNC(=O)[C@@H](CC(C)C)NC(=O)c2cc(F)ccc2OCCn2cc(nn2)CC1. The van der Waals surface area contributed by atoms with Crippen LogP contribution in [0.3, 0.4) is 0 Å². The van der Waals surface area contributed by atoms with Crippen LogP contribution in [-0.4, -0.2) is 74.5 Å². The van der Waals surface area contributed by atoms with Gasteiger partial charge in [-0.1, -0.05) is 31.2 Å². The van der Waals surface area contributed by atoms with Gasteiger partial charge in [0.15, 0.2) is 5.43 Å². The van der Waals surface area contributed by atoms with Crippen LogP contribution in [0, 0.1) is 18.7 Å². The van der Waals surface area contributed by atoms with E-state index in [9.17, 15) is 23.6 Å². The topological polar surface area (TPSA) is 140 Å². The van der Waals surface area contributed by atoms with Gasteiger partial charge in [-0.3, -0.25) is 19.2 Å². The molecular formula is C33H38FN7O5. The molecule has 1 aliphatic rings. The van der Waals surface area contributed by atoms with Gasteiger partial charge < -0.3 is 24.8 Å². The van der Waals surface area contributed by atoms with Gasteiger partial charge in [0.05, 0.1) is 23.3 Å². The Bertz CT molecular complexity index is 1800. The molecular weight excluding hydrogens is 593 g/mol. The van der Waals surface area contributed by atoms with Gasteiger partial charge in [0.25, 0.3) is 5.91 Å². The van der Waals surface area contributed by atoms with Crippen molar-refractivity contribution >= 4 is 28.6 Å². The minimum Gasteiger partial charge on any atom is -0.491 e. The smallest absolute Gasteiger partial charge is 0.255 e. The minimum absolute atomic E-state index is 0.00734. The summed E-state index contributed by atoms with van der Waals surface area (Å²) in [4.78, 5) is 54.6. The number of rotatable bonds is 4. The van der Waals surface area contributed by atoms with Gasteiger partial charge in [-0.25, -0.2) is 9.07 Å². The number of aromatic nitrogens is 4. The number of halogens is 1. The third-order valence-corrected chi connectivity index (χ3v) is 7.87. The molecule has 0 spiro atoms. The molecule has 0 unspecified atom stereocenters. The van der Waals surface area contributed by atoms with Crippen LogP contribution in [-0.2, 0) is 29.1 Å². The number of ether oxygens (including phenoxy) is 1. The molecule has 2 bridgehead atoms. The fraction of sp³-hybridized carbons (Fsp3) is 0.394. The van der Waals surface area contributed by atoms with E-state index < -0.39 is 23.7 Å². The first-order valence-electron chi connectivity index (χ1n) is 15.4. The van der Waals surface area contributed by atoms with Crippen LogP contribution >= 0.6 is 0 Å². The summed E-state index contributed by atoms with van der Waals surface area (Å²) in [6, 6.07) is 11.5. The first kappa shape index (κ1) is 32.3. The molecule has 0 radical (unpaired) electrons. The molecule has 46 heavy (non-hydrogen) atoms. The molecule has 0 aliphatic carbocycles. The van der Waals surface area contributed by atoms with Crippen molar-refractivity contribution in [3.8, 4) is 5.75 Å². The molecule has 2 N–H and O–H groups in total. The molecule has 13 heteroatoms. The molecule has 242 valence electrons. The van der Waals surface area contributed by atoms with E-state index in [-0.39, 0.29) is 54.8 Å². The summed E-state index contributed by atoms with van der Waals surface area (Å²) in [5.41, 5.74) is 1.84. The molecule has 2 aromatic heterocycles. The highest BCUT2D eigenvalue weighted by molar-refractivity contribution is 5.99. The Hall–Kier alpha value is -5.07. The number of nitrogens with zero attached hydrogens (tertiary/aromatic N) is 5. The average molecular weight is 632 g/mol. The summed E-state index contributed by atoms with van der Waals surface area (Å²) >= 11 is 0. The summed E-state index contributed by atoms with van der Waals surface area (Å²) in [5.74, 6) is -1.62. The minimum atomic E-state index is -0.897. The van der Waals surface area contributed by atoms with Gasteiger partial charge in [0.1, 0.15) is 30.8 Å². The number of aryl methyl sites for hydroxylation is 1. The van der Waals surface area contributed by atoms with E-state index in [1.807, 2.05) is 30.5 Å². The van der Waals surface area contributed by atoms with Crippen LogP contribution in [0.1, 0.15) is 42.0 Å². The lowest BCUT2D eigenvalue weighted by molar-refractivity contribution is -0.132. The largest absolute Gasteiger partial charge is 0.491 e. The zero-order chi connectivity index (χ0) is 32.8. The van der Waals surface area contributed by atoms with Crippen molar-refractivity contribution in [1.29, 1.82) is 0 Å². The monoisotopic (exact) mass is 631 g/mol. The van der Waals surface area contributed by atoms with Crippen LogP contribution in [0.15, 0.2) is 59.5 Å². The standard InChI is InChI=1S/C33H38FN7O5/c1-21(2)16-27-33(45)35-11-13-39(31(43)20-41-22(3)17-29(42)25-6-4-5-7-28(25)41)12-10-24-19-40(38-37-24)14-15-46-30-9-8-23(34)18-26(30)32(44)36-27/h4-9,17-19,21,27H,10-16,20H2,1-3H3,(H,35,45)(H,36,44)/t27-/m1/s1. The second kappa shape index (κ2) is 14.4. The molecule has 4 aromatic rings. The Labute approximate surface area is 265 Å². The van der Waals surface area contributed by atoms with Gasteiger partial charge in [-0.2, -0.15) is 0 Å². The zero-order valence-corrected chi connectivity index (χ0v) is 26.2. The third-order valence-electron chi connectivity index (χ3n) is 7.87. The number of carbonyl (C=O) groups is 3. The number of hydrogen-bond donors (Lipinski definition) is 2. The predicted molar refractivity (Wildman–Crippen MR) is 169 cm³/mol. The molecule has 0 saturated heterocycles. The Morgan fingerprint density at radius 3 is 2.70 bits per heavy atom. The van der Waals surface area contributed by atoms with Gasteiger partial charge in [0, 0.05) is 49.4 Å². The number of fused-ring (bicyclic) bond motifs is 4. The highest BCUT2D eigenvalue weighted by Crippen LogP contribution is 2.21. The number of pyridine rings is 1.